The maximum Gasteiger partial charge on any atom is 0.181 e. The number of rotatable bonds is 2. The molecule has 3 nitrogen and oxygen atoms in total. The van der Waals surface area contributed by atoms with Crippen molar-refractivity contribution in [1.82, 2.24) is 15.2 Å². The molecule has 2 aromatic carbocycles. The maximum atomic E-state index is 4.53. The van der Waals surface area contributed by atoms with E-state index in [1.54, 1.807) is 0 Å². The Hall–Kier alpha value is -1.68. The van der Waals surface area contributed by atoms with Gasteiger partial charge in [-0.25, -0.2) is 4.98 Å². The molecule has 0 saturated carbocycles. The third-order valence-corrected chi connectivity index (χ3v) is 3.60. The third-order valence-electron chi connectivity index (χ3n) is 3.11. The Bertz CT molecular complexity index is 731. The summed E-state index contributed by atoms with van der Waals surface area (Å²) in [5.41, 5.74) is 1.04. The minimum atomic E-state index is 0.359. The predicted octanol–water partition coefficient (Wildman–Crippen LogP) is 4.51. The van der Waals surface area contributed by atoms with Crippen molar-refractivity contribution < 1.29 is 0 Å². The molecule has 0 unspecified atom stereocenters. The predicted molar refractivity (Wildman–Crippen MR) is 81.1 cm³/mol. The van der Waals surface area contributed by atoms with Crippen molar-refractivity contribution in [1.29, 1.82) is 0 Å². The molecule has 0 aliphatic rings. The van der Waals surface area contributed by atoms with Crippen molar-refractivity contribution >= 4 is 26.7 Å². The molecule has 0 spiro atoms. The molecular formula is C15H14BrN3. The first-order chi connectivity index (χ1) is 9.13. The highest BCUT2D eigenvalue weighted by molar-refractivity contribution is 9.10. The molecule has 0 radical (unpaired) electrons. The third kappa shape index (κ3) is 2.40. The van der Waals surface area contributed by atoms with Crippen LogP contribution in [0.3, 0.4) is 0 Å². The molecule has 4 heteroatoms. The first-order valence-electron chi connectivity index (χ1n) is 6.25. The molecule has 0 atom stereocenters. The minimum Gasteiger partial charge on any atom is -0.262 e. The minimum absolute atomic E-state index is 0.359. The van der Waals surface area contributed by atoms with Crippen LogP contribution in [0.2, 0.25) is 0 Å². The lowest BCUT2D eigenvalue weighted by Crippen LogP contribution is -1.89. The van der Waals surface area contributed by atoms with Crippen LogP contribution in [0.5, 0.6) is 0 Å². The van der Waals surface area contributed by atoms with Gasteiger partial charge in [0.15, 0.2) is 5.82 Å². The monoisotopic (exact) mass is 315 g/mol. The highest BCUT2D eigenvalue weighted by Crippen LogP contribution is 2.25. The normalized spacial score (nSPS) is 11.4. The highest BCUT2D eigenvalue weighted by atomic mass is 79.9. The summed E-state index contributed by atoms with van der Waals surface area (Å²) in [5, 5.41) is 9.68. The molecule has 0 fully saturated rings. The van der Waals surface area contributed by atoms with Crippen LogP contribution in [-0.4, -0.2) is 15.2 Å². The van der Waals surface area contributed by atoms with E-state index in [9.17, 15) is 0 Å². The number of halogens is 1. The second kappa shape index (κ2) is 4.78. The Labute approximate surface area is 120 Å². The lowest BCUT2D eigenvalue weighted by molar-refractivity contribution is 0.781. The van der Waals surface area contributed by atoms with Gasteiger partial charge in [-0.05, 0) is 29.0 Å². The van der Waals surface area contributed by atoms with Crippen molar-refractivity contribution in [3.8, 4) is 11.4 Å². The van der Waals surface area contributed by atoms with E-state index < -0.39 is 0 Å². The van der Waals surface area contributed by atoms with Gasteiger partial charge in [0.1, 0.15) is 5.82 Å². The SMILES string of the molecule is CC(C)c1nc(-c2ccc3cc(Br)ccc3c2)n[nH]1. The van der Waals surface area contributed by atoms with Crippen LogP contribution in [0.1, 0.15) is 25.6 Å². The number of aromatic amines is 1. The van der Waals surface area contributed by atoms with E-state index in [0.717, 1.165) is 21.7 Å². The van der Waals surface area contributed by atoms with Crippen LogP contribution in [0, 0.1) is 0 Å². The molecule has 96 valence electrons. The van der Waals surface area contributed by atoms with Gasteiger partial charge in [0.25, 0.3) is 0 Å². The highest BCUT2D eigenvalue weighted by Gasteiger charge is 2.09. The fraction of sp³-hybridized carbons (Fsp3) is 0.200. The van der Waals surface area contributed by atoms with E-state index in [-0.39, 0.29) is 0 Å². The standard InChI is InChI=1S/C15H14BrN3/c1-9(2)14-17-15(19-18-14)12-4-3-11-8-13(16)6-5-10(11)7-12/h3-9H,1-2H3,(H,17,18,19). The second-order valence-corrected chi connectivity index (χ2v) is 5.82. The number of hydrogen-bond acceptors (Lipinski definition) is 2. The largest absolute Gasteiger partial charge is 0.262 e. The summed E-state index contributed by atoms with van der Waals surface area (Å²) in [4.78, 5) is 4.53. The average Bonchev–Trinajstić information content (AvgIpc) is 2.88. The van der Waals surface area contributed by atoms with Gasteiger partial charge < -0.3 is 0 Å². The maximum absolute atomic E-state index is 4.53. The fourth-order valence-electron chi connectivity index (χ4n) is 2.02. The van der Waals surface area contributed by atoms with Gasteiger partial charge >= 0.3 is 0 Å². The van der Waals surface area contributed by atoms with Crippen molar-refractivity contribution in [2.75, 3.05) is 0 Å². The van der Waals surface area contributed by atoms with E-state index in [2.05, 4.69) is 75.3 Å². The van der Waals surface area contributed by atoms with Gasteiger partial charge in [-0.15, -0.1) is 0 Å². The molecule has 19 heavy (non-hydrogen) atoms. The number of H-pyrrole nitrogens is 1. The van der Waals surface area contributed by atoms with Crippen LogP contribution in [0.25, 0.3) is 22.2 Å². The molecule has 0 amide bonds. The van der Waals surface area contributed by atoms with E-state index in [0.29, 0.717) is 5.92 Å². The summed E-state index contributed by atoms with van der Waals surface area (Å²) in [6, 6.07) is 12.5. The molecule has 0 saturated heterocycles. The van der Waals surface area contributed by atoms with Crippen molar-refractivity contribution in [2.45, 2.75) is 19.8 Å². The van der Waals surface area contributed by atoms with E-state index >= 15 is 0 Å². The number of fused-ring (bicyclic) bond motifs is 1. The van der Waals surface area contributed by atoms with Crippen LogP contribution >= 0.6 is 15.9 Å². The van der Waals surface area contributed by atoms with Crippen LogP contribution < -0.4 is 0 Å². The quantitative estimate of drug-likeness (QED) is 0.756. The molecule has 1 aromatic heterocycles. The first kappa shape index (κ1) is 12.4. The molecule has 3 rings (SSSR count). The van der Waals surface area contributed by atoms with Crippen LogP contribution in [-0.2, 0) is 0 Å². The topological polar surface area (TPSA) is 41.6 Å². The molecule has 1 N–H and O–H groups in total. The van der Waals surface area contributed by atoms with Crippen LogP contribution in [0.4, 0.5) is 0 Å². The molecule has 0 aliphatic heterocycles. The van der Waals surface area contributed by atoms with Crippen molar-refractivity contribution in [2.24, 2.45) is 0 Å². The Morgan fingerprint density at radius 1 is 1.05 bits per heavy atom. The van der Waals surface area contributed by atoms with E-state index in [1.165, 1.54) is 10.8 Å². The molecule has 0 bridgehead atoms. The number of aromatic nitrogens is 3. The smallest absolute Gasteiger partial charge is 0.181 e. The van der Waals surface area contributed by atoms with Gasteiger partial charge in [-0.2, -0.15) is 5.10 Å². The average molecular weight is 316 g/mol. The zero-order chi connectivity index (χ0) is 13.4. The summed E-state index contributed by atoms with van der Waals surface area (Å²) in [6.07, 6.45) is 0. The number of benzene rings is 2. The molecule has 1 heterocycles. The summed E-state index contributed by atoms with van der Waals surface area (Å²) < 4.78 is 1.09. The number of nitrogens with zero attached hydrogens (tertiary/aromatic N) is 2. The first-order valence-corrected chi connectivity index (χ1v) is 7.05. The number of hydrogen-bond donors (Lipinski definition) is 1. The zero-order valence-electron chi connectivity index (χ0n) is 10.8. The summed E-state index contributed by atoms with van der Waals surface area (Å²) in [5.74, 6) is 2.04. The van der Waals surface area contributed by atoms with Gasteiger partial charge in [0, 0.05) is 16.0 Å². The summed E-state index contributed by atoms with van der Waals surface area (Å²) in [7, 11) is 0. The summed E-state index contributed by atoms with van der Waals surface area (Å²) in [6.45, 7) is 4.20. The lowest BCUT2D eigenvalue weighted by Gasteiger charge is -2.01. The lowest BCUT2D eigenvalue weighted by atomic mass is 10.1. The second-order valence-electron chi connectivity index (χ2n) is 4.91. The van der Waals surface area contributed by atoms with Gasteiger partial charge in [-0.3, -0.25) is 5.10 Å². The van der Waals surface area contributed by atoms with E-state index in [1.807, 2.05) is 6.07 Å². The fourth-order valence-corrected chi connectivity index (χ4v) is 2.40. The van der Waals surface area contributed by atoms with Crippen molar-refractivity contribution in [3.05, 3.63) is 46.7 Å². The Morgan fingerprint density at radius 3 is 2.53 bits per heavy atom. The molecule has 3 aromatic rings. The Balaban J connectivity index is 2.07. The van der Waals surface area contributed by atoms with Gasteiger partial charge in [0.05, 0.1) is 0 Å². The number of nitrogens with one attached hydrogen (secondary N) is 1. The molecular weight excluding hydrogens is 302 g/mol. The molecule has 0 aliphatic carbocycles. The van der Waals surface area contributed by atoms with Gasteiger partial charge in [-0.1, -0.05) is 48.0 Å². The van der Waals surface area contributed by atoms with Crippen LogP contribution in [0.15, 0.2) is 40.9 Å². The van der Waals surface area contributed by atoms with Crippen molar-refractivity contribution in [3.63, 3.8) is 0 Å². The Morgan fingerprint density at radius 2 is 1.79 bits per heavy atom. The summed E-state index contributed by atoms with van der Waals surface area (Å²) >= 11 is 3.49. The van der Waals surface area contributed by atoms with E-state index in [4.69, 9.17) is 0 Å². The Kier molecular flexibility index (Phi) is 3.11. The van der Waals surface area contributed by atoms with Gasteiger partial charge in [0.2, 0.25) is 0 Å². The zero-order valence-corrected chi connectivity index (χ0v) is 12.4.